The second-order valence-electron chi connectivity index (χ2n) is 3.42. The minimum absolute atomic E-state index is 0.0881. The van der Waals surface area contributed by atoms with Crippen LogP contribution in [0.5, 0.6) is 0 Å². The molecule has 1 rings (SSSR count). The molecule has 12 heavy (non-hydrogen) atoms. The van der Waals surface area contributed by atoms with Crippen LogP contribution in [0.3, 0.4) is 0 Å². The molecule has 1 fully saturated rings. The highest BCUT2D eigenvalue weighted by molar-refractivity contribution is 7.92. The van der Waals surface area contributed by atoms with Gasteiger partial charge in [-0.05, 0) is 12.8 Å². The topological polar surface area (TPSA) is 60.2 Å². The summed E-state index contributed by atoms with van der Waals surface area (Å²) >= 11 is 0. The fourth-order valence-electron chi connectivity index (χ4n) is 1.76. The first-order valence-corrected chi connectivity index (χ1v) is 6.30. The van der Waals surface area contributed by atoms with E-state index in [0.29, 0.717) is 0 Å². The lowest BCUT2D eigenvalue weighted by Gasteiger charge is -2.21. The normalized spacial score (nSPS) is 21.1. The highest BCUT2D eigenvalue weighted by atomic mass is 32.2. The second-order valence-corrected chi connectivity index (χ2v) is 5.82. The van der Waals surface area contributed by atoms with Crippen LogP contribution in [0.2, 0.25) is 0 Å². The third kappa shape index (κ3) is 2.45. The van der Waals surface area contributed by atoms with Gasteiger partial charge in [0, 0.05) is 6.54 Å². The first-order valence-electron chi connectivity index (χ1n) is 4.58. The van der Waals surface area contributed by atoms with Gasteiger partial charge < -0.3 is 5.73 Å². The van der Waals surface area contributed by atoms with E-state index in [1.165, 1.54) is 6.42 Å². The van der Waals surface area contributed by atoms with Gasteiger partial charge in [-0.25, -0.2) is 8.42 Å². The monoisotopic (exact) mass is 191 g/mol. The highest BCUT2D eigenvalue weighted by Crippen LogP contribution is 2.23. The molecular formula is C8H17NO2S. The Bertz CT molecular complexity index is 217. The van der Waals surface area contributed by atoms with Crippen LogP contribution in [0.25, 0.3) is 0 Å². The molecule has 0 unspecified atom stereocenters. The third-order valence-corrected chi connectivity index (χ3v) is 4.75. The molecule has 2 N–H and O–H groups in total. The zero-order valence-electron chi connectivity index (χ0n) is 7.33. The van der Waals surface area contributed by atoms with Crippen LogP contribution >= 0.6 is 0 Å². The van der Waals surface area contributed by atoms with Gasteiger partial charge in [0.15, 0.2) is 9.84 Å². The van der Waals surface area contributed by atoms with Crippen molar-refractivity contribution < 1.29 is 8.42 Å². The van der Waals surface area contributed by atoms with E-state index in [1.54, 1.807) is 0 Å². The summed E-state index contributed by atoms with van der Waals surface area (Å²) in [6.45, 7) is 0.263. The van der Waals surface area contributed by atoms with Gasteiger partial charge in [-0.3, -0.25) is 0 Å². The summed E-state index contributed by atoms with van der Waals surface area (Å²) in [5.41, 5.74) is 5.24. The zero-order valence-corrected chi connectivity index (χ0v) is 8.15. The predicted molar refractivity (Wildman–Crippen MR) is 49.7 cm³/mol. The maximum Gasteiger partial charge on any atom is 0.154 e. The lowest BCUT2D eigenvalue weighted by molar-refractivity contribution is 0.484. The van der Waals surface area contributed by atoms with E-state index in [1.807, 2.05) is 0 Å². The molecule has 0 saturated heterocycles. The molecule has 3 nitrogen and oxygen atoms in total. The van der Waals surface area contributed by atoms with E-state index >= 15 is 0 Å². The SMILES string of the molecule is NCCS(=O)(=O)C1CCCCC1. The average Bonchev–Trinajstić information content (AvgIpc) is 2.06. The largest absolute Gasteiger partial charge is 0.329 e. The Hall–Kier alpha value is -0.0900. The summed E-state index contributed by atoms with van der Waals surface area (Å²) in [6, 6.07) is 0. The van der Waals surface area contributed by atoms with E-state index in [0.717, 1.165) is 25.7 Å². The number of hydrogen-bond donors (Lipinski definition) is 1. The van der Waals surface area contributed by atoms with E-state index in [2.05, 4.69) is 0 Å². The molecule has 0 aromatic carbocycles. The van der Waals surface area contributed by atoms with Crippen molar-refractivity contribution in [3.8, 4) is 0 Å². The van der Waals surface area contributed by atoms with Crippen LogP contribution in [0, 0.1) is 0 Å². The van der Waals surface area contributed by atoms with Gasteiger partial charge >= 0.3 is 0 Å². The van der Waals surface area contributed by atoms with Crippen molar-refractivity contribution in [1.82, 2.24) is 0 Å². The van der Waals surface area contributed by atoms with Gasteiger partial charge in [-0.15, -0.1) is 0 Å². The van der Waals surface area contributed by atoms with Gasteiger partial charge in [0.25, 0.3) is 0 Å². The van der Waals surface area contributed by atoms with Gasteiger partial charge in [-0.2, -0.15) is 0 Å². The Morgan fingerprint density at radius 2 is 1.75 bits per heavy atom. The Morgan fingerprint density at radius 3 is 2.25 bits per heavy atom. The summed E-state index contributed by atoms with van der Waals surface area (Å²) in [6.07, 6.45) is 5.02. The summed E-state index contributed by atoms with van der Waals surface area (Å²) < 4.78 is 23.0. The molecule has 0 aromatic rings. The molecule has 0 radical (unpaired) electrons. The molecule has 1 aliphatic carbocycles. The zero-order chi connectivity index (χ0) is 9.03. The van der Waals surface area contributed by atoms with Crippen LogP contribution < -0.4 is 5.73 Å². The molecule has 0 aromatic heterocycles. The maximum atomic E-state index is 11.5. The van der Waals surface area contributed by atoms with E-state index in [4.69, 9.17) is 5.73 Å². The number of hydrogen-bond acceptors (Lipinski definition) is 3. The highest BCUT2D eigenvalue weighted by Gasteiger charge is 2.25. The molecule has 0 amide bonds. The van der Waals surface area contributed by atoms with Crippen LogP contribution in [-0.4, -0.2) is 26.0 Å². The van der Waals surface area contributed by atoms with Crippen molar-refractivity contribution in [2.75, 3.05) is 12.3 Å². The van der Waals surface area contributed by atoms with Crippen molar-refractivity contribution in [3.63, 3.8) is 0 Å². The lowest BCUT2D eigenvalue weighted by atomic mass is 10.0. The molecule has 0 heterocycles. The Kier molecular flexibility index (Phi) is 3.53. The summed E-state index contributed by atoms with van der Waals surface area (Å²) in [4.78, 5) is 0. The molecular weight excluding hydrogens is 174 g/mol. The lowest BCUT2D eigenvalue weighted by Crippen LogP contribution is -2.29. The first-order chi connectivity index (χ1) is 5.67. The average molecular weight is 191 g/mol. The predicted octanol–water partition coefficient (Wildman–Crippen LogP) is 0.693. The Morgan fingerprint density at radius 1 is 1.17 bits per heavy atom. The quantitative estimate of drug-likeness (QED) is 0.714. The van der Waals surface area contributed by atoms with Crippen molar-refractivity contribution in [3.05, 3.63) is 0 Å². The molecule has 0 atom stereocenters. The van der Waals surface area contributed by atoms with Crippen molar-refractivity contribution in [2.24, 2.45) is 5.73 Å². The van der Waals surface area contributed by atoms with Crippen molar-refractivity contribution >= 4 is 9.84 Å². The van der Waals surface area contributed by atoms with Gasteiger partial charge in [0.2, 0.25) is 0 Å². The van der Waals surface area contributed by atoms with Crippen LogP contribution in [0.1, 0.15) is 32.1 Å². The fraction of sp³-hybridized carbons (Fsp3) is 1.00. The summed E-state index contributed by atoms with van der Waals surface area (Å²) in [5.74, 6) is 0.164. The standard InChI is InChI=1S/C8H17NO2S/c9-6-7-12(10,11)8-4-2-1-3-5-8/h8H,1-7,9H2. The summed E-state index contributed by atoms with van der Waals surface area (Å²) in [7, 11) is -2.86. The van der Waals surface area contributed by atoms with Crippen LogP contribution in [0.4, 0.5) is 0 Å². The van der Waals surface area contributed by atoms with Crippen molar-refractivity contribution in [2.45, 2.75) is 37.4 Å². The van der Waals surface area contributed by atoms with Crippen LogP contribution in [-0.2, 0) is 9.84 Å². The fourth-order valence-corrected chi connectivity index (χ4v) is 3.47. The number of rotatable bonds is 3. The minimum atomic E-state index is -2.86. The third-order valence-electron chi connectivity index (χ3n) is 2.46. The molecule has 0 spiro atoms. The Labute approximate surface area is 74.3 Å². The first kappa shape index (κ1) is 9.99. The van der Waals surface area contributed by atoms with E-state index in [-0.39, 0.29) is 17.5 Å². The number of nitrogens with two attached hydrogens (primary N) is 1. The smallest absolute Gasteiger partial charge is 0.154 e. The molecule has 0 aliphatic heterocycles. The Balaban J connectivity index is 2.54. The van der Waals surface area contributed by atoms with E-state index < -0.39 is 9.84 Å². The molecule has 4 heteroatoms. The molecule has 1 aliphatic rings. The molecule has 1 saturated carbocycles. The van der Waals surface area contributed by atoms with E-state index in [9.17, 15) is 8.42 Å². The molecule has 72 valence electrons. The van der Waals surface area contributed by atoms with Gasteiger partial charge in [-0.1, -0.05) is 19.3 Å². The van der Waals surface area contributed by atoms with Crippen LogP contribution in [0.15, 0.2) is 0 Å². The maximum absolute atomic E-state index is 11.5. The van der Waals surface area contributed by atoms with Gasteiger partial charge in [0.1, 0.15) is 0 Å². The minimum Gasteiger partial charge on any atom is -0.329 e. The number of sulfone groups is 1. The second kappa shape index (κ2) is 4.23. The van der Waals surface area contributed by atoms with Crippen molar-refractivity contribution in [1.29, 1.82) is 0 Å². The molecule has 0 bridgehead atoms. The van der Waals surface area contributed by atoms with Gasteiger partial charge in [0.05, 0.1) is 11.0 Å². The summed E-state index contributed by atoms with van der Waals surface area (Å²) in [5, 5.41) is -0.0881.